The Balaban J connectivity index is -0.000000180. The minimum atomic E-state index is -0.345. The summed E-state index contributed by atoms with van der Waals surface area (Å²) in [5, 5.41) is 0. The minimum Gasteiger partial charge on any atom is -0.465 e. The topological polar surface area (TPSA) is 83.8 Å². The normalized spacial score (nSPS) is 6.44. The first-order chi connectivity index (χ1) is 3.31. The molecule has 0 amide bonds. The van der Waals surface area contributed by atoms with Gasteiger partial charge in [0.25, 0.3) is 0 Å². The van der Waals surface area contributed by atoms with Gasteiger partial charge >= 0.3 is 5.97 Å². The molecule has 0 rings (SSSR count). The van der Waals surface area contributed by atoms with Gasteiger partial charge in [-0.15, -0.1) is 12.4 Å². The van der Waals surface area contributed by atoms with Gasteiger partial charge in [-0.05, 0) is 6.92 Å². The molecule has 58 valence electrons. The molecule has 0 aliphatic carbocycles. The molecule has 0 atom stereocenters. The molecular weight excluding hydrogens is 146 g/mol. The van der Waals surface area contributed by atoms with Gasteiger partial charge in [-0.1, -0.05) is 0 Å². The summed E-state index contributed by atoms with van der Waals surface area (Å²) >= 11 is 0. The molecule has 0 aromatic heterocycles. The first kappa shape index (κ1) is 15.9. The molecule has 0 aromatic rings. The van der Waals surface area contributed by atoms with Gasteiger partial charge in [0.15, 0.2) is 0 Å². The number of hydrogen-bond donors (Lipinski definition) is 1. The van der Waals surface area contributed by atoms with Crippen molar-refractivity contribution in [2.24, 2.45) is 5.73 Å². The van der Waals surface area contributed by atoms with Crippen LogP contribution in [0.1, 0.15) is 6.92 Å². The summed E-state index contributed by atoms with van der Waals surface area (Å²) in [5.41, 5.74) is 4.88. The van der Waals surface area contributed by atoms with Crippen molar-refractivity contribution in [2.45, 2.75) is 6.92 Å². The fraction of sp³-hybridized carbons (Fsp3) is 0.750. The molecule has 9 heavy (non-hydrogen) atoms. The van der Waals surface area contributed by atoms with E-state index < -0.39 is 0 Å². The Hall–Kier alpha value is -0.320. The number of hydrogen-bond acceptors (Lipinski definition) is 3. The second-order valence-corrected chi connectivity index (χ2v) is 1.01. The van der Waals surface area contributed by atoms with E-state index in [1.54, 1.807) is 6.92 Å². The SMILES string of the molecule is CCOC(=O)CN.Cl.O. The number of esters is 1. The Morgan fingerprint density at radius 3 is 2.22 bits per heavy atom. The summed E-state index contributed by atoms with van der Waals surface area (Å²) in [6.45, 7) is 2.14. The van der Waals surface area contributed by atoms with Crippen LogP contribution in [0.4, 0.5) is 0 Å². The van der Waals surface area contributed by atoms with Gasteiger partial charge in [0, 0.05) is 0 Å². The lowest BCUT2D eigenvalue weighted by atomic mass is 10.7. The minimum absolute atomic E-state index is 0. The predicted octanol–water partition coefficient (Wildman–Crippen LogP) is -0.895. The molecular formula is C4H12ClNO3. The maximum absolute atomic E-state index is 10.1. The molecule has 0 radical (unpaired) electrons. The van der Waals surface area contributed by atoms with E-state index in [-0.39, 0.29) is 30.4 Å². The van der Waals surface area contributed by atoms with E-state index in [0.29, 0.717) is 6.61 Å². The maximum Gasteiger partial charge on any atom is 0.319 e. The average molecular weight is 158 g/mol. The highest BCUT2D eigenvalue weighted by Crippen LogP contribution is 1.69. The molecule has 0 fully saturated rings. The van der Waals surface area contributed by atoms with E-state index in [1.165, 1.54) is 0 Å². The molecule has 0 aromatic carbocycles. The van der Waals surface area contributed by atoms with E-state index >= 15 is 0 Å². The first-order valence-electron chi connectivity index (χ1n) is 2.17. The Labute approximate surface area is 60.1 Å². The van der Waals surface area contributed by atoms with Crippen molar-refractivity contribution in [1.82, 2.24) is 0 Å². The lowest BCUT2D eigenvalue weighted by Gasteiger charge is -1.93. The molecule has 0 aliphatic heterocycles. The van der Waals surface area contributed by atoms with Crippen molar-refractivity contribution < 1.29 is 15.0 Å². The lowest BCUT2D eigenvalue weighted by Crippen LogP contribution is -2.16. The van der Waals surface area contributed by atoms with Crippen LogP contribution in [0.15, 0.2) is 0 Å². The zero-order valence-corrected chi connectivity index (χ0v) is 6.03. The van der Waals surface area contributed by atoms with Crippen molar-refractivity contribution in [3.8, 4) is 0 Å². The van der Waals surface area contributed by atoms with Crippen molar-refractivity contribution in [1.29, 1.82) is 0 Å². The third kappa shape index (κ3) is 11.3. The largest absolute Gasteiger partial charge is 0.465 e. The second-order valence-electron chi connectivity index (χ2n) is 1.01. The molecule has 0 bridgehead atoms. The number of nitrogens with two attached hydrogens (primary N) is 1. The standard InChI is InChI=1S/C4H9NO2.ClH.H2O/c1-2-7-4(6)3-5;;/h2-3,5H2,1H3;1H;1H2. The van der Waals surface area contributed by atoms with Crippen LogP contribution in [0.25, 0.3) is 0 Å². The van der Waals surface area contributed by atoms with E-state index in [4.69, 9.17) is 5.73 Å². The molecule has 4 N–H and O–H groups in total. The number of ether oxygens (including phenoxy) is 1. The maximum atomic E-state index is 10.1. The summed E-state index contributed by atoms with van der Waals surface area (Å²) in [6, 6.07) is 0. The highest BCUT2D eigenvalue weighted by Gasteiger charge is 1.91. The van der Waals surface area contributed by atoms with Crippen LogP contribution in [0, 0.1) is 0 Å². The van der Waals surface area contributed by atoms with E-state index in [9.17, 15) is 4.79 Å². The molecule has 0 aliphatic rings. The van der Waals surface area contributed by atoms with E-state index in [1.807, 2.05) is 0 Å². The molecule has 5 heteroatoms. The van der Waals surface area contributed by atoms with Crippen molar-refractivity contribution in [3.05, 3.63) is 0 Å². The van der Waals surface area contributed by atoms with Gasteiger partial charge in [-0.25, -0.2) is 0 Å². The highest BCUT2D eigenvalue weighted by molar-refractivity contribution is 5.85. The molecule has 0 saturated carbocycles. The number of carbonyl (C=O) groups is 1. The number of halogens is 1. The van der Waals surface area contributed by atoms with Gasteiger partial charge in [-0.3, -0.25) is 4.79 Å². The molecule has 0 heterocycles. The Kier molecular flexibility index (Phi) is 18.7. The average Bonchev–Trinajstić information content (AvgIpc) is 1.68. The van der Waals surface area contributed by atoms with Crippen LogP contribution < -0.4 is 5.73 Å². The van der Waals surface area contributed by atoms with Crippen LogP contribution in [0.2, 0.25) is 0 Å². The third-order valence-electron chi connectivity index (χ3n) is 0.472. The Morgan fingerprint density at radius 1 is 1.67 bits per heavy atom. The van der Waals surface area contributed by atoms with Gasteiger partial charge in [-0.2, -0.15) is 0 Å². The second kappa shape index (κ2) is 10.6. The number of rotatable bonds is 2. The van der Waals surface area contributed by atoms with Crippen LogP contribution in [0.3, 0.4) is 0 Å². The van der Waals surface area contributed by atoms with Crippen LogP contribution in [-0.2, 0) is 9.53 Å². The Morgan fingerprint density at radius 2 is 2.11 bits per heavy atom. The lowest BCUT2D eigenvalue weighted by molar-refractivity contribution is -0.141. The summed E-state index contributed by atoms with van der Waals surface area (Å²) in [4.78, 5) is 10.1. The van der Waals surface area contributed by atoms with Gasteiger partial charge in [0.05, 0.1) is 13.2 Å². The van der Waals surface area contributed by atoms with Gasteiger partial charge in [0.2, 0.25) is 0 Å². The summed E-state index contributed by atoms with van der Waals surface area (Å²) in [7, 11) is 0. The van der Waals surface area contributed by atoms with Crippen molar-refractivity contribution in [2.75, 3.05) is 13.2 Å². The van der Waals surface area contributed by atoms with Gasteiger partial charge < -0.3 is 15.9 Å². The van der Waals surface area contributed by atoms with Crippen LogP contribution >= 0.6 is 12.4 Å². The zero-order chi connectivity index (χ0) is 5.70. The fourth-order valence-corrected chi connectivity index (χ4v) is 0.220. The molecule has 0 spiro atoms. The molecule has 4 nitrogen and oxygen atoms in total. The van der Waals surface area contributed by atoms with Crippen LogP contribution in [-0.4, -0.2) is 24.6 Å². The third-order valence-corrected chi connectivity index (χ3v) is 0.472. The van der Waals surface area contributed by atoms with E-state index in [0.717, 1.165) is 0 Å². The molecule has 0 unspecified atom stereocenters. The summed E-state index contributed by atoms with van der Waals surface area (Å²) in [5.74, 6) is -0.345. The first-order valence-corrected chi connectivity index (χ1v) is 2.17. The van der Waals surface area contributed by atoms with Gasteiger partial charge in [0.1, 0.15) is 0 Å². The van der Waals surface area contributed by atoms with E-state index in [2.05, 4.69) is 4.74 Å². The quantitative estimate of drug-likeness (QED) is 0.528. The summed E-state index contributed by atoms with van der Waals surface area (Å²) < 4.78 is 4.43. The number of carbonyl (C=O) groups excluding carboxylic acids is 1. The molecule has 0 saturated heterocycles. The zero-order valence-electron chi connectivity index (χ0n) is 5.22. The Bertz CT molecular complexity index is 68.8. The van der Waals surface area contributed by atoms with Crippen molar-refractivity contribution >= 4 is 18.4 Å². The monoisotopic (exact) mass is 157 g/mol. The fourth-order valence-electron chi connectivity index (χ4n) is 0.220. The summed E-state index contributed by atoms with van der Waals surface area (Å²) in [6.07, 6.45) is 0. The van der Waals surface area contributed by atoms with Crippen molar-refractivity contribution in [3.63, 3.8) is 0 Å². The smallest absolute Gasteiger partial charge is 0.319 e. The predicted molar refractivity (Wildman–Crippen MR) is 36.5 cm³/mol. The van der Waals surface area contributed by atoms with Crippen LogP contribution in [0.5, 0.6) is 0 Å². The highest BCUT2D eigenvalue weighted by atomic mass is 35.5.